The predicted octanol–water partition coefficient (Wildman–Crippen LogP) is 1.52. The second-order valence-corrected chi connectivity index (χ2v) is 6.69. The Morgan fingerprint density at radius 3 is 2.88 bits per heavy atom. The number of alkyl halides is 1. The molecule has 1 aliphatic heterocycles. The Balaban J connectivity index is 1.68. The number of thiophene rings is 1. The number of hydrogen-bond acceptors (Lipinski definition) is 6. The summed E-state index contributed by atoms with van der Waals surface area (Å²) in [5.41, 5.74) is 0.362. The van der Waals surface area contributed by atoms with Crippen molar-refractivity contribution in [3.63, 3.8) is 0 Å². The standard InChI is InChI=1S/C17H19FN4O3S/c18-3-4-19-15(23)8-13-11-25-6-5-22(13)17(24)12-9-20-16(21-10-12)14-2-1-7-26-14/h1-2,7,9-10,13H,3-6,8,11H2,(H,19,23). The molecule has 0 saturated carbocycles. The van der Waals surface area contributed by atoms with Crippen LogP contribution in [0.1, 0.15) is 16.8 Å². The van der Waals surface area contributed by atoms with Crippen LogP contribution in [0.5, 0.6) is 0 Å². The second kappa shape index (κ2) is 8.81. The van der Waals surface area contributed by atoms with Crippen LogP contribution in [0.3, 0.4) is 0 Å². The van der Waals surface area contributed by atoms with Gasteiger partial charge >= 0.3 is 0 Å². The van der Waals surface area contributed by atoms with Gasteiger partial charge in [-0.1, -0.05) is 6.07 Å². The van der Waals surface area contributed by atoms with E-state index in [-0.39, 0.29) is 31.4 Å². The predicted molar refractivity (Wildman–Crippen MR) is 94.6 cm³/mol. The quantitative estimate of drug-likeness (QED) is 0.824. The van der Waals surface area contributed by atoms with Gasteiger partial charge in [0.15, 0.2) is 5.82 Å². The lowest BCUT2D eigenvalue weighted by molar-refractivity contribution is -0.123. The van der Waals surface area contributed by atoms with Gasteiger partial charge in [-0.25, -0.2) is 14.4 Å². The summed E-state index contributed by atoms with van der Waals surface area (Å²) in [6.45, 7) is 0.403. The largest absolute Gasteiger partial charge is 0.377 e. The Bertz CT molecular complexity index is 739. The van der Waals surface area contributed by atoms with Crippen molar-refractivity contribution in [2.45, 2.75) is 12.5 Å². The Hall–Kier alpha value is -2.39. The van der Waals surface area contributed by atoms with Gasteiger partial charge < -0.3 is 15.0 Å². The molecule has 1 unspecified atom stereocenters. The Morgan fingerprint density at radius 2 is 2.19 bits per heavy atom. The summed E-state index contributed by atoms with van der Waals surface area (Å²) in [5.74, 6) is 0.0234. The van der Waals surface area contributed by atoms with E-state index in [2.05, 4.69) is 15.3 Å². The van der Waals surface area contributed by atoms with E-state index >= 15 is 0 Å². The van der Waals surface area contributed by atoms with E-state index in [0.717, 1.165) is 4.88 Å². The molecule has 0 bridgehead atoms. The van der Waals surface area contributed by atoms with E-state index in [1.807, 2.05) is 17.5 Å². The van der Waals surface area contributed by atoms with Gasteiger partial charge in [0.05, 0.1) is 29.7 Å². The number of nitrogens with one attached hydrogen (secondary N) is 1. The van der Waals surface area contributed by atoms with E-state index in [0.29, 0.717) is 24.5 Å². The molecule has 2 aromatic heterocycles. The molecule has 1 fully saturated rings. The molecule has 0 aliphatic carbocycles. The van der Waals surface area contributed by atoms with Crippen molar-refractivity contribution in [1.82, 2.24) is 20.2 Å². The lowest BCUT2D eigenvalue weighted by atomic mass is 10.1. The van der Waals surface area contributed by atoms with Crippen LogP contribution in [0.4, 0.5) is 4.39 Å². The first-order valence-electron chi connectivity index (χ1n) is 8.26. The highest BCUT2D eigenvalue weighted by Gasteiger charge is 2.30. The minimum atomic E-state index is -0.622. The maximum atomic E-state index is 12.8. The van der Waals surface area contributed by atoms with Crippen molar-refractivity contribution < 1.29 is 18.7 Å². The Labute approximate surface area is 154 Å². The van der Waals surface area contributed by atoms with E-state index in [4.69, 9.17) is 4.74 Å². The highest BCUT2D eigenvalue weighted by atomic mass is 32.1. The van der Waals surface area contributed by atoms with Crippen LogP contribution in [0.2, 0.25) is 0 Å². The van der Waals surface area contributed by atoms with Crippen molar-refractivity contribution >= 4 is 23.2 Å². The molecular formula is C17H19FN4O3S. The van der Waals surface area contributed by atoms with E-state index < -0.39 is 12.7 Å². The monoisotopic (exact) mass is 378 g/mol. The van der Waals surface area contributed by atoms with Crippen LogP contribution in [0.15, 0.2) is 29.9 Å². The highest BCUT2D eigenvalue weighted by Crippen LogP contribution is 2.21. The lowest BCUT2D eigenvalue weighted by Gasteiger charge is -2.35. The maximum absolute atomic E-state index is 12.8. The van der Waals surface area contributed by atoms with Crippen LogP contribution in [-0.2, 0) is 9.53 Å². The van der Waals surface area contributed by atoms with Gasteiger partial charge in [-0.2, -0.15) is 0 Å². The molecule has 26 heavy (non-hydrogen) atoms. The van der Waals surface area contributed by atoms with Crippen molar-refractivity contribution in [3.05, 3.63) is 35.5 Å². The van der Waals surface area contributed by atoms with Crippen molar-refractivity contribution in [2.24, 2.45) is 0 Å². The minimum Gasteiger partial charge on any atom is -0.377 e. The molecule has 1 saturated heterocycles. The smallest absolute Gasteiger partial charge is 0.257 e. The summed E-state index contributed by atoms with van der Waals surface area (Å²) >= 11 is 1.52. The van der Waals surface area contributed by atoms with Crippen molar-refractivity contribution in [2.75, 3.05) is 33.0 Å². The fraction of sp³-hybridized carbons (Fsp3) is 0.412. The molecule has 2 aromatic rings. The SMILES string of the molecule is O=C(CC1COCCN1C(=O)c1cnc(-c2cccs2)nc1)NCCF. The third-order valence-corrected chi connectivity index (χ3v) is 4.83. The Morgan fingerprint density at radius 1 is 1.38 bits per heavy atom. The molecule has 0 radical (unpaired) electrons. The average Bonchev–Trinajstić information content (AvgIpc) is 3.21. The van der Waals surface area contributed by atoms with Crippen LogP contribution in [0.25, 0.3) is 10.7 Å². The second-order valence-electron chi connectivity index (χ2n) is 5.74. The number of rotatable bonds is 6. The molecule has 9 heteroatoms. The number of nitrogens with zero attached hydrogens (tertiary/aromatic N) is 3. The minimum absolute atomic E-state index is 0.0294. The summed E-state index contributed by atoms with van der Waals surface area (Å²) in [6, 6.07) is 3.43. The summed E-state index contributed by atoms with van der Waals surface area (Å²) in [6.07, 6.45) is 3.07. The molecule has 2 amide bonds. The number of halogens is 1. The molecule has 1 aliphatic rings. The van der Waals surface area contributed by atoms with Gasteiger partial charge in [0.25, 0.3) is 5.91 Å². The van der Waals surface area contributed by atoms with Crippen LogP contribution in [-0.4, -0.2) is 65.7 Å². The number of morpholine rings is 1. The van der Waals surface area contributed by atoms with Crippen LogP contribution in [0, 0.1) is 0 Å². The van der Waals surface area contributed by atoms with Gasteiger partial charge in [-0.15, -0.1) is 11.3 Å². The lowest BCUT2D eigenvalue weighted by Crippen LogP contribution is -2.50. The number of ether oxygens (including phenoxy) is 1. The molecule has 138 valence electrons. The first-order valence-corrected chi connectivity index (χ1v) is 9.14. The topological polar surface area (TPSA) is 84.4 Å². The molecular weight excluding hydrogens is 359 g/mol. The van der Waals surface area contributed by atoms with E-state index in [1.54, 1.807) is 4.90 Å². The summed E-state index contributed by atoms with van der Waals surface area (Å²) in [5, 5.41) is 4.41. The van der Waals surface area contributed by atoms with E-state index in [1.165, 1.54) is 23.7 Å². The Kier molecular flexibility index (Phi) is 6.24. The molecule has 1 atom stereocenters. The van der Waals surface area contributed by atoms with Crippen molar-refractivity contribution in [1.29, 1.82) is 0 Å². The third kappa shape index (κ3) is 4.41. The zero-order valence-electron chi connectivity index (χ0n) is 14.1. The van der Waals surface area contributed by atoms with Gasteiger partial charge in [-0.05, 0) is 11.4 Å². The van der Waals surface area contributed by atoms with E-state index in [9.17, 15) is 14.0 Å². The molecule has 0 spiro atoms. The van der Waals surface area contributed by atoms with Gasteiger partial charge in [-0.3, -0.25) is 9.59 Å². The van der Waals surface area contributed by atoms with Crippen LogP contribution < -0.4 is 5.32 Å². The van der Waals surface area contributed by atoms with Gasteiger partial charge in [0.1, 0.15) is 6.67 Å². The highest BCUT2D eigenvalue weighted by molar-refractivity contribution is 7.13. The molecule has 3 rings (SSSR count). The van der Waals surface area contributed by atoms with Crippen molar-refractivity contribution in [3.8, 4) is 10.7 Å². The normalized spacial score (nSPS) is 17.1. The fourth-order valence-corrected chi connectivity index (χ4v) is 3.37. The summed E-state index contributed by atoms with van der Waals surface area (Å²) < 4.78 is 17.6. The average molecular weight is 378 g/mol. The number of aromatic nitrogens is 2. The fourth-order valence-electron chi connectivity index (χ4n) is 2.70. The molecule has 1 N–H and O–H groups in total. The molecule has 7 nitrogen and oxygen atoms in total. The first kappa shape index (κ1) is 18.4. The van der Waals surface area contributed by atoms with Gasteiger partial charge in [0, 0.05) is 31.9 Å². The summed E-state index contributed by atoms with van der Waals surface area (Å²) in [4.78, 5) is 35.7. The summed E-state index contributed by atoms with van der Waals surface area (Å²) in [7, 11) is 0. The number of amides is 2. The van der Waals surface area contributed by atoms with Crippen LogP contribution >= 0.6 is 11.3 Å². The number of carbonyl (C=O) groups is 2. The maximum Gasteiger partial charge on any atom is 0.257 e. The third-order valence-electron chi connectivity index (χ3n) is 3.97. The van der Waals surface area contributed by atoms with Gasteiger partial charge in [0.2, 0.25) is 5.91 Å². The number of carbonyl (C=O) groups excluding carboxylic acids is 2. The number of hydrogen-bond donors (Lipinski definition) is 1. The zero-order chi connectivity index (χ0) is 18.4. The molecule has 0 aromatic carbocycles. The molecule has 3 heterocycles. The first-order chi connectivity index (χ1) is 12.7. The zero-order valence-corrected chi connectivity index (χ0v) is 14.9.